The molecule has 0 atom stereocenters. The first-order chi connectivity index (χ1) is 2.64. The summed E-state index contributed by atoms with van der Waals surface area (Å²) in [5.41, 5.74) is 0. The third-order valence-electron chi connectivity index (χ3n) is 0.167. The molecular formula is C2H2O5Sm+. The molecule has 0 rings (SSSR count). The topological polar surface area (TPSA) is 112 Å². The van der Waals surface area contributed by atoms with Crippen molar-refractivity contribution in [2.45, 2.75) is 0 Å². The fourth-order valence-corrected chi connectivity index (χ4v) is 0. The molecule has 0 aromatic carbocycles. The molecule has 2 N–H and O–H groups in total. The van der Waals surface area contributed by atoms with Gasteiger partial charge in [0.15, 0.2) is 0 Å². The molecule has 0 aromatic rings. The van der Waals surface area contributed by atoms with Gasteiger partial charge in [-0.2, -0.15) is 0 Å². The summed E-state index contributed by atoms with van der Waals surface area (Å²) in [5, 5.41) is 17.9. The second kappa shape index (κ2) is 7.24. The Bertz CT molecular complexity index is 76.4. The summed E-state index contributed by atoms with van der Waals surface area (Å²) in [5.74, 6) is -4.37. The second-order valence-corrected chi connectivity index (χ2v) is 0.575. The van der Waals surface area contributed by atoms with E-state index in [0.717, 1.165) is 0 Å². The summed E-state index contributed by atoms with van der Waals surface area (Å²) < 4.78 is 0. The molecule has 5 nitrogen and oxygen atoms in total. The zero-order chi connectivity index (χ0) is 5.15. The van der Waals surface area contributed by atoms with Crippen molar-refractivity contribution in [1.82, 2.24) is 0 Å². The SMILES string of the molecule is O.O=C([O-])C(=O)[O-].[Sm+3]. The maximum absolute atomic E-state index is 8.93. The van der Waals surface area contributed by atoms with Crippen LogP contribution >= 0.6 is 0 Å². The van der Waals surface area contributed by atoms with Crippen molar-refractivity contribution in [3.63, 3.8) is 0 Å². The number of carboxylic acids is 2. The van der Waals surface area contributed by atoms with Gasteiger partial charge in [0.05, 0.1) is 11.9 Å². The van der Waals surface area contributed by atoms with E-state index in [4.69, 9.17) is 19.8 Å². The van der Waals surface area contributed by atoms with Gasteiger partial charge in [-0.1, -0.05) is 0 Å². The number of carbonyl (C=O) groups is 2. The fourth-order valence-electron chi connectivity index (χ4n) is 0. The van der Waals surface area contributed by atoms with Crippen LogP contribution in [0.4, 0.5) is 0 Å². The minimum absolute atomic E-state index is 0. The molecular weight excluding hydrogens is 254 g/mol. The molecule has 0 aliphatic heterocycles. The van der Waals surface area contributed by atoms with Gasteiger partial charge in [-0.05, 0) is 0 Å². The number of rotatable bonds is 0. The second-order valence-electron chi connectivity index (χ2n) is 0.575. The van der Waals surface area contributed by atoms with E-state index in [1.165, 1.54) is 0 Å². The van der Waals surface area contributed by atoms with E-state index in [1.807, 2.05) is 0 Å². The van der Waals surface area contributed by atoms with E-state index >= 15 is 0 Å². The van der Waals surface area contributed by atoms with E-state index < -0.39 is 11.9 Å². The summed E-state index contributed by atoms with van der Waals surface area (Å²) in [7, 11) is 0. The standard InChI is InChI=1S/C2H2O4.H2O.Sm/c3-1(4)2(5)6;;/h(H,3,4)(H,5,6);1H2;/q;;+3/p-2. The van der Waals surface area contributed by atoms with Crippen LogP contribution in [0.5, 0.6) is 0 Å². The van der Waals surface area contributed by atoms with Crippen molar-refractivity contribution in [2.75, 3.05) is 0 Å². The number of aliphatic carboxylic acids is 2. The molecule has 0 heterocycles. The molecule has 0 fully saturated rings. The van der Waals surface area contributed by atoms with Crippen LogP contribution in [0.25, 0.3) is 0 Å². The summed E-state index contributed by atoms with van der Waals surface area (Å²) in [6, 6.07) is 0. The predicted octanol–water partition coefficient (Wildman–Crippen LogP) is -4.34. The average Bonchev–Trinajstić information content (AvgIpc) is 1.36. The summed E-state index contributed by atoms with van der Waals surface area (Å²) in [6.45, 7) is 0. The molecule has 0 spiro atoms. The van der Waals surface area contributed by atoms with Gasteiger partial charge in [-0.25, -0.2) is 0 Å². The van der Waals surface area contributed by atoms with Gasteiger partial charge in [-0.15, -0.1) is 0 Å². The fraction of sp³-hybridized carbons (Fsp3) is 0. The third-order valence-corrected chi connectivity index (χ3v) is 0.167. The molecule has 0 unspecified atom stereocenters. The maximum Gasteiger partial charge on any atom is 3.00 e. The quantitative estimate of drug-likeness (QED) is 0.408. The largest absolute Gasteiger partial charge is 3.00 e. The molecule has 0 aliphatic carbocycles. The Balaban J connectivity index is -0.000000125. The van der Waals surface area contributed by atoms with Crippen molar-refractivity contribution in [3.05, 3.63) is 0 Å². The summed E-state index contributed by atoms with van der Waals surface area (Å²) in [4.78, 5) is 17.9. The van der Waals surface area contributed by atoms with Gasteiger partial charge in [-0.3, -0.25) is 0 Å². The van der Waals surface area contributed by atoms with Crippen LogP contribution in [0, 0.1) is 40.4 Å². The van der Waals surface area contributed by atoms with E-state index in [1.54, 1.807) is 0 Å². The van der Waals surface area contributed by atoms with E-state index in [2.05, 4.69) is 0 Å². The smallest absolute Gasteiger partial charge is 0.543 e. The molecule has 0 aliphatic rings. The van der Waals surface area contributed by atoms with Gasteiger partial charge in [0.2, 0.25) is 0 Å². The molecule has 1 radical (unpaired) electrons. The van der Waals surface area contributed by atoms with Crippen molar-refractivity contribution < 1.29 is 65.7 Å². The van der Waals surface area contributed by atoms with E-state index in [9.17, 15) is 0 Å². The Morgan fingerprint density at radius 2 is 1.12 bits per heavy atom. The van der Waals surface area contributed by atoms with Crippen LogP contribution in [0.1, 0.15) is 0 Å². The Kier molecular flexibility index (Phi) is 14.2. The molecule has 0 bridgehead atoms. The number of hydrogen-bond donors (Lipinski definition) is 0. The molecule has 0 saturated heterocycles. The maximum atomic E-state index is 8.93. The first kappa shape index (κ1) is 15.7. The van der Waals surface area contributed by atoms with E-state index in [-0.39, 0.29) is 45.9 Å². The van der Waals surface area contributed by atoms with Crippen LogP contribution in [0.2, 0.25) is 0 Å². The van der Waals surface area contributed by atoms with Gasteiger partial charge in [0.1, 0.15) is 0 Å². The van der Waals surface area contributed by atoms with Crippen molar-refractivity contribution in [3.8, 4) is 0 Å². The van der Waals surface area contributed by atoms with Crippen LogP contribution in [-0.4, -0.2) is 17.4 Å². The van der Waals surface area contributed by atoms with Gasteiger partial charge in [0, 0.05) is 0 Å². The van der Waals surface area contributed by atoms with Crippen LogP contribution in [0.3, 0.4) is 0 Å². The van der Waals surface area contributed by atoms with Crippen LogP contribution < -0.4 is 10.2 Å². The zero-order valence-electron chi connectivity index (χ0n) is 3.54. The van der Waals surface area contributed by atoms with Crippen molar-refractivity contribution in [2.24, 2.45) is 0 Å². The summed E-state index contributed by atoms with van der Waals surface area (Å²) in [6.07, 6.45) is 0. The average molecular weight is 256 g/mol. The Hall–Kier alpha value is 0.238. The number of carbonyl (C=O) groups excluding carboxylic acids is 2. The predicted molar refractivity (Wildman–Crippen MR) is 13.6 cm³/mol. The molecule has 0 amide bonds. The Morgan fingerprint density at radius 3 is 1.12 bits per heavy atom. The minimum atomic E-state index is -2.19. The first-order valence-electron chi connectivity index (χ1n) is 1.07. The minimum Gasteiger partial charge on any atom is -0.543 e. The van der Waals surface area contributed by atoms with Gasteiger partial charge < -0.3 is 25.3 Å². The number of carboxylic acid groups (broad SMARTS) is 2. The monoisotopic (exact) mass is 258 g/mol. The first-order valence-corrected chi connectivity index (χ1v) is 1.07. The van der Waals surface area contributed by atoms with Crippen molar-refractivity contribution in [1.29, 1.82) is 0 Å². The summed E-state index contributed by atoms with van der Waals surface area (Å²) >= 11 is 0. The van der Waals surface area contributed by atoms with E-state index in [0.29, 0.717) is 0 Å². The Morgan fingerprint density at radius 1 is 1.00 bits per heavy atom. The van der Waals surface area contributed by atoms with Gasteiger partial charge in [0.25, 0.3) is 0 Å². The van der Waals surface area contributed by atoms with Crippen LogP contribution in [0.15, 0.2) is 0 Å². The normalized spacial score (nSPS) is 5.50. The number of hydrogen-bond acceptors (Lipinski definition) is 4. The third kappa shape index (κ3) is 9.53. The molecule has 45 valence electrons. The molecule has 0 aromatic heterocycles. The molecule has 0 saturated carbocycles. The van der Waals surface area contributed by atoms with Gasteiger partial charge >= 0.3 is 40.4 Å². The van der Waals surface area contributed by atoms with Crippen LogP contribution in [-0.2, 0) is 9.59 Å². The Labute approximate surface area is 77.1 Å². The van der Waals surface area contributed by atoms with Crippen molar-refractivity contribution >= 4 is 11.9 Å². The zero-order valence-corrected chi connectivity index (χ0v) is 6.16. The molecule has 8 heavy (non-hydrogen) atoms. The molecule has 6 heteroatoms.